The van der Waals surface area contributed by atoms with Crippen LogP contribution in [0, 0.1) is 6.92 Å². The molecule has 0 amide bonds. The summed E-state index contributed by atoms with van der Waals surface area (Å²) in [5.41, 5.74) is 4.14. The maximum absolute atomic E-state index is 14.2. The third-order valence-electron chi connectivity index (χ3n) is 7.19. The van der Waals surface area contributed by atoms with E-state index in [-0.39, 0.29) is 18.3 Å². The van der Waals surface area contributed by atoms with Crippen molar-refractivity contribution in [1.82, 2.24) is 4.57 Å². The summed E-state index contributed by atoms with van der Waals surface area (Å²) in [5.74, 6) is 1.20. The summed E-state index contributed by atoms with van der Waals surface area (Å²) >= 11 is 4.92. The number of fused-ring (bicyclic) bond motifs is 1. The number of thiazole rings is 1. The van der Waals surface area contributed by atoms with Gasteiger partial charge >= 0.3 is 5.97 Å². The van der Waals surface area contributed by atoms with Crippen LogP contribution in [0.3, 0.4) is 0 Å². The number of para-hydroxylation sites is 1. The Morgan fingerprint density at radius 2 is 1.80 bits per heavy atom. The van der Waals surface area contributed by atoms with E-state index in [1.54, 1.807) is 24.5 Å². The minimum Gasteiger partial charge on any atom is -0.491 e. The van der Waals surface area contributed by atoms with E-state index in [0.29, 0.717) is 61.1 Å². The fraction of sp³-hybridized carbons (Fsp3) is 0.306. The number of halogens is 1. The fourth-order valence-corrected chi connectivity index (χ4v) is 6.96. The molecule has 5 rings (SSSR count). The zero-order chi connectivity index (χ0) is 33.0. The second kappa shape index (κ2) is 14.5. The van der Waals surface area contributed by atoms with Crippen molar-refractivity contribution in [2.24, 2.45) is 4.99 Å². The van der Waals surface area contributed by atoms with Crippen LogP contribution in [0.2, 0.25) is 0 Å². The Hall–Kier alpha value is -4.15. The van der Waals surface area contributed by atoms with E-state index in [1.807, 2.05) is 82.3 Å². The molecule has 1 aliphatic heterocycles. The summed E-state index contributed by atoms with van der Waals surface area (Å²) in [5, 5.41) is 0. The highest BCUT2D eigenvalue weighted by Crippen LogP contribution is 2.38. The van der Waals surface area contributed by atoms with E-state index in [9.17, 15) is 9.59 Å². The maximum atomic E-state index is 14.2. The maximum Gasteiger partial charge on any atom is 0.338 e. The van der Waals surface area contributed by atoms with Crippen LogP contribution < -0.4 is 29.1 Å². The summed E-state index contributed by atoms with van der Waals surface area (Å²) in [6, 6.07) is 18.6. The van der Waals surface area contributed by atoms with Gasteiger partial charge < -0.3 is 18.9 Å². The van der Waals surface area contributed by atoms with Crippen molar-refractivity contribution < 1.29 is 23.7 Å². The van der Waals surface area contributed by atoms with E-state index in [2.05, 4.69) is 22.0 Å². The van der Waals surface area contributed by atoms with Crippen molar-refractivity contribution in [3.8, 4) is 17.2 Å². The first kappa shape index (κ1) is 33.2. The molecule has 0 bridgehead atoms. The molecule has 0 aliphatic carbocycles. The summed E-state index contributed by atoms with van der Waals surface area (Å²) in [6.07, 6.45) is 1.69. The molecular formula is C36H37BrN2O6S. The molecule has 0 N–H and O–H groups in total. The number of hydrogen-bond acceptors (Lipinski definition) is 8. The normalized spacial score (nSPS) is 14.6. The number of aromatic nitrogens is 1. The number of rotatable bonds is 11. The minimum absolute atomic E-state index is 0.116. The molecule has 4 aromatic rings. The van der Waals surface area contributed by atoms with Gasteiger partial charge in [-0.05, 0) is 92.9 Å². The monoisotopic (exact) mass is 704 g/mol. The van der Waals surface area contributed by atoms with Crippen LogP contribution in [0.1, 0.15) is 62.9 Å². The van der Waals surface area contributed by atoms with Gasteiger partial charge in [0.15, 0.2) is 16.3 Å². The molecule has 0 radical (unpaired) electrons. The summed E-state index contributed by atoms with van der Waals surface area (Å²) in [6.45, 7) is 12.3. The Morgan fingerprint density at radius 1 is 1.02 bits per heavy atom. The van der Waals surface area contributed by atoms with Crippen LogP contribution in [0.15, 0.2) is 86.2 Å². The molecule has 2 heterocycles. The predicted octanol–water partition coefficient (Wildman–Crippen LogP) is 6.63. The number of allylic oxidation sites excluding steroid dienone is 1. The van der Waals surface area contributed by atoms with E-state index < -0.39 is 12.0 Å². The molecule has 1 aromatic heterocycles. The first-order valence-corrected chi connectivity index (χ1v) is 16.8. The van der Waals surface area contributed by atoms with Gasteiger partial charge in [-0.2, -0.15) is 0 Å². The second-order valence-corrected chi connectivity index (χ2v) is 12.9. The summed E-state index contributed by atoms with van der Waals surface area (Å²) in [7, 11) is 0. The predicted molar refractivity (Wildman–Crippen MR) is 183 cm³/mol. The molecule has 0 unspecified atom stereocenters. The Labute approximate surface area is 280 Å². The highest BCUT2D eigenvalue weighted by molar-refractivity contribution is 9.10. The molecule has 46 heavy (non-hydrogen) atoms. The van der Waals surface area contributed by atoms with Crippen molar-refractivity contribution in [2.75, 3.05) is 13.2 Å². The molecule has 0 saturated heterocycles. The molecule has 240 valence electrons. The number of esters is 1. The molecule has 1 aliphatic rings. The van der Waals surface area contributed by atoms with Crippen LogP contribution in [-0.2, 0) is 16.1 Å². The van der Waals surface area contributed by atoms with Gasteiger partial charge in [0.1, 0.15) is 18.4 Å². The standard InChI is InChI=1S/C36H37BrN2O6S/c1-7-42-29-18-25(17-27(37)33(29)44-20-24-13-11-12-22(5)16-24)19-30-34(40)39-32(26-14-9-10-15-28(26)45-21(3)4)31(35(41)43-8-2)23(6)38-36(39)46-30/h9-19,21,32H,7-8,20H2,1-6H3/b30-19+/t32-/m0/s1. The quantitative estimate of drug-likeness (QED) is 0.163. The van der Waals surface area contributed by atoms with Crippen molar-refractivity contribution in [2.45, 2.75) is 60.3 Å². The van der Waals surface area contributed by atoms with E-state index in [0.717, 1.165) is 16.7 Å². The molecule has 1 atom stereocenters. The van der Waals surface area contributed by atoms with Gasteiger partial charge in [-0.3, -0.25) is 9.36 Å². The van der Waals surface area contributed by atoms with Crippen LogP contribution in [0.4, 0.5) is 0 Å². The first-order valence-electron chi connectivity index (χ1n) is 15.2. The zero-order valence-corrected chi connectivity index (χ0v) is 29.2. The largest absolute Gasteiger partial charge is 0.491 e. The van der Waals surface area contributed by atoms with E-state index >= 15 is 0 Å². The number of nitrogens with zero attached hydrogens (tertiary/aromatic N) is 2. The smallest absolute Gasteiger partial charge is 0.338 e. The molecule has 10 heteroatoms. The van der Waals surface area contributed by atoms with Gasteiger partial charge in [-0.1, -0.05) is 59.4 Å². The van der Waals surface area contributed by atoms with Crippen molar-refractivity contribution >= 4 is 39.3 Å². The SMILES string of the molecule is CCOC(=O)C1=C(C)N=c2s/c(=C/c3cc(Br)c(OCc4cccc(C)c4)c(OCC)c3)c(=O)n2[C@H]1c1ccccc1OC(C)C. The minimum atomic E-state index is -0.782. The average Bonchev–Trinajstić information content (AvgIpc) is 3.30. The lowest BCUT2D eigenvalue weighted by molar-refractivity contribution is -0.139. The molecule has 0 fully saturated rings. The van der Waals surface area contributed by atoms with Gasteiger partial charge in [0.2, 0.25) is 0 Å². The number of hydrogen-bond donors (Lipinski definition) is 0. The molecule has 3 aromatic carbocycles. The number of carbonyl (C=O) groups excluding carboxylic acids is 1. The lowest BCUT2D eigenvalue weighted by Crippen LogP contribution is -2.40. The van der Waals surface area contributed by atoms with Crippen LogP contribution in [-0.4, -0.2) is 29.9 Å². The zero-order valence-electron chi connectivity index (χ0n) is 26.8. The highest BCUT2D eigenvalue weighted by Gasteiger charge is 2.35. The van der Waals surface area contributed by atoms with Crippen LogP contribution in [0.25, 0.3) is 6.08 Å². The number of ether oxygens (including phenoxy) is 4. The lowest BCUT2D eigenvalue weighted by atomic mass is 9.95. The third kappa shape index (κ3) is 7.13. The number of carbonyl (C=O) groups is 1. The van der Waals surface area contributed by atoms with Gasteiger partial charge in [-0.25, -0.2) is 9.79 Å². The molecule has 8 nitrogen and oxygen atoms in total. The van der Waals surface area contributed by atoms with Crippen LogP contribution >= 0.6 is 27.3 Å². The fourth-order valence-electron chi connectivity index (χ4n) is 5.34. The first-order chi connectivity index (χ1) is 22.1. The van der Waals surface area contributed by atoms with E-state index in [4.69, 9.17) is 23.9 Å². The molecule has 0 saturated carbocycles. The molecule has 0 spiro atoms. The van der Waals surface area contributed by atoms with Gasteiger partial charge in [0.25, 0.3) is 5.56 Å². The Balaban J connectivity index is 1.62. The van der Waals surface area contributed by atoms with Crippen molar-refractivity contribution in [3.63, 3.8) is 0 Å². The van der Waals surface area contributed by atoms with E-state index in [1.165, 1.54) is 11.3 Å². The topological polar surface area (TPSA) is 88.4 Å². The number of aryl methyl sites for hydroxylation is 1. The van der Waals surface area contributed by atoms with Crippen LogP contribution in [0.5, 0.6) is 17.2 Å². The second-order valence-electron chi connectivity index (χ2n) is 11.0. The molecular weight excluding hydrogens is 668 g/mol. The summed E-state index contributed by atoms with van der Waals surface area (Å²) in [4.78, 5) is 32.7. The lowest BCUT2D eigenvalue weighted by Gasteiger charge is -2.26. The Morgan fingerprint density at radius 3 is 2.52 bits per heavy atom. The number of benzene rings is 3. The van der Waals surface area contributed by atoms with Crippen molar-refractivity contribution in [3.05, 3.63) is 118 Å². The third-order valence-corrected chi connectivity index (χ3v) is 8.76. The van der Waals surface area contributed by atoms with Gasteiger partial charge in [-0.15, -0.1) is 0 Å². The van der Waals surface area contributed by atoms with Gasteiger partial charge in [0.05, 0.1) is 39.6 Å². The van der Waals surface area contributed by atoms with Gasteiger partial charge in [0, 0.05) is 5.56 Å². The van der Waals surface area contributed by atoms with Crippen molar-refractivity contribution in [1.29, 1.82) is 0 Å². The Kier molecular flexibility index (Phi) is 10.5. The Bertz CT molecular complexity index is 1980. The summed E-state index contributed by atoms with van der Waals surface area (Å²) < 4.78 is 26.5. The average molecular weight is 706 g/mol. The highest BCUT2D eigenvalue weighted by atomic mass is 79.9.